The molecule has 2 heteroatoms. The molecule has 0 amide bonds. The van der Waals surface area contributed by atoms with E-state index in [4.69, 9.17) is 0 Å². The maximum absolute atomic E-state index is 4.03. The zero-order valence-electron chi connectivity index (χ0n) is 9.73. The molecule has 0 saturated heterocycles. The molecule has 1 heterocycles. The standard InChI is InChI=1S/C15H15NS/c1-2-13-5-4-12(10-14(13)3-1)11-17-15-6-8-16-9-7-15/h4-10H,1-3,11H2. The summed E-state index contributed by atoms with van der Waals surface area (Å²) in [7, 11) is 0. The number of pyridine rings is 1. The van der Waals surface area contributed by atoms with Crippen molar-refractivity contribution in [1.29, 1.82) is 0 Å². The van der Waals surface area contributed by atoms with Gasteiger partial charge in [-0.25, -0.2) is 0 Å². The second-order valence-corrected chi connectivity index (χ2v) is 5.48. The van der Waals surface area contributed by atoms with Crippen LogP contribution in [0.15, 0.2) is 47.6 Å². The third-order valence-electron chi connectivity index (χ3n) is 3.22. The number of fused-ring (bicyclic) bond motifs is 1. The van der Waals surface area contributed by atoms with E-state index in [1.807, 2.05) is 24.2 Å². The molecule has 1 aromatic heterocycles. The van der Waals surface area contributed by atoms with Gasteiger partial charge in [-0.15, -0.1) is 11.8 Å². The molecule has 1 aliphatic rings. The molecular weight excluding hydrogens is 226 g/mol. The SMILES string of the molecule is c1cc(SCc2ccc3c(c2)CCC3)ccn1. The first-order valence-electron chi connectivity index (χ1n) is 6.05. The Hall–Kier alpha value is -1.28. The fourth-order valence-electron chi connectivity index (χ4n) is 2.32. The molecule has 86 valence electrons. The van der Waals surface area contributed by atoms with E-state index < -0.39 is 0 Å². The van der Waals surface area contributed by atoms with Crippen molar-refractivity contribution >= 4 is 11.8 Å². The Balaban J connectivity index is 1.70. The normalized spacial score (nSPS) is 13.6. The van der Waals surface area contributed by atoms with Gasteiger partial charge in [0.2, 0.25) is 0 Å². The third-order valence-corrected chi connectivity index (χ3v) is 4.30. The summed E-state index contributed by atoms with van der Waals surface area (Å²) >= 11 is 1.88. The topological polar surface area (TPSA) is 12.9 Å². The van der Waals surface area contributed by atoms with Crippen LogP contribution < -0.4 is 0 Å². The number of aryl methyl sites for hydroxylation is 2. The van der Waals surface area contributed by atoms with Gasteiger partial charge in [0, 0.05) is 23.0 Å². The van der Waals surface area contributed by atoms with E-state index in [0.717, 1.165) is 5.75 Å². The molecule has 0 bridgehead atoms. The lowest BCUT2D eigenvalue weighted by Crippen LogP contribution is -1.86. The summed E-state index contributed by atoms with van der Waals surface area (Å²) in [6.07, 6.45) is 7.57. The number of hydrogen-bond acceptors (Lipinski definition) is 2. The lowest BCUT2D eigenvalue weighted by atomic mass is 10.1. The first kappa shape index (κ1) is 10.8. The molecule has 2 aromatic rings. The van der Waals surface area contributed by atoms with E-state index in [0.29, 0.717) is 0 Å². The van der Waals surface area contributed by atoms with Crippen LogP contribution in [-0.2, 0) is 18.6 Å². The minimum absolute atomic E-state index is 1.05. The number of aromatic nitrogens is 1. The number of nitrogens with zero attached hydrogens (tertiary/aromatic N) is 1. The average molecular weight is 241 g/mol. The molecule has 0 radical (unpaired) electrons. The summed E-state index contributed by atoms with van der Waals surface area (Å²) in [4.78, 5) is 5.33. The molecule has 0 aliphatic heterocycles. The van der Waals surface area contributed by atoms with Crippen LogP contribution in [0.1, 0.15) is 23.1 Å². The first-order valence-corrected chi connectivity index (χ1v) is 7.04. The Morgan fingerprint density at radius 2 is 1.82 bits per heavy atom. The minimum Gasteiger partial charge on any atom is -0.265 e. The molecule has 0 saturated carbocycles. The lowest BCUT2D eigenvalue weighted by Gasteiger charge is -2.05. The first-order chi connectivity index (χ1) is 8.42. The van der Waals surface area contributed by atoms with E-state index >= 15 is 0 Å². The Morgan fingerprint density at radius 1 is 1.00 bits per heavy atom. The largest absolute Gasteiger partial charge is 0.265 e. The number of benzene rings is 1. The van der Waals surface area contributed by atoms with Crippen LogP contribution in [0.5, 0.6) is 0 Å². The third kappa shape index (κ3) is 2.52. The van der Waals surface area contributed by atoms with Crippen LogP contribution in [-0.4, -0.2) is 4.98 Å². The lowest BCUT2D eigenvalue weighted by molar-refractivity contribution is 0.911. The number of thioether (sulfide) groups is 1. The van der Waals surface area contributed by atoms with Gasteiger partial charge >= 0.3 is 0 Å². The second kappa shape index (κ2) is 4.92. The highest BCUT2D eigenvalue weighted by molar-refractivity contribution is 7.98. The molecule has 0 unspecified atom stereocenters. The van der Waals surface area contributed by atoms with Crippen molar-refractivity contribution in [3.8, 4) is 0 Å². The van der Waals surface area contributed by atoms with Gasteiger partial charge in [0.25, 0.3) is 0 Å². The van der Waals surface area contributed by atoms with Crippen LogP contribution in [0.2, 0.25) is 0 Å². The molecule has 1 nitrogen and oxygen atoms in total. The average Bonchev–Trinajstić information content (AvgIpc) is 2.85. The molecule has 0 atom stereocenters. The summed E-state index contributed by atoms with van der Waals surface area (Å²) in [6, 6.07) is 11.1. The predicted molar refractivity (Wildman–Crippen MR) is 72.3 cm³/mol. The molecule has 1 aliphatic carbocycles. The van der Waals surface area contributed by atoms with Crippen LogP contribution >= 0.6 is 11.8 Å². The van der Waals surface area contributed by atoms with E-state index in [-0.39, 0.29) is 0 Å². The highest BCUT2D eigenvalue weighted by Crippen LogP contribution is 2.26. The van der Waals surface area contributed by atoms with Crippen molar-refractivity contribution in [2.45, 2.75) is 29.9 Å². The monoisotopic (exact) mass is 241 g/mol. The number of hydrogen-bond donors (Lipinski definition) is 0. The minimum atomic E-state index is 1.05. The van der Waals surface area contributed by atoms with E-state index in [2.05, 4.69) is 35.3 Å². The van der Waals surface area contributed by atoms with Crippen molar-refractivity contribution in [2.75, 3.05) is 0 Å². The van der Waals surface area contributed by atoms with Gasteiger partial charge in [0.05, 0.1) is 0 Å². The molecule has 1 aromatic carbocycles. The molecule has 17 heavy (non-hydrogen) atoms. The van der Waals surface area contributed by atoms with Gasteiger partial charge in [0.1, 0.15) is 0 Å². The Morgan fingerprint density at radius 3 is 2.71 bits per heavy atom. The Labute approximate surface area is 106 Å². The maximum atomic E-state index is 4.03. The van der Waals surface area contributed by atoms with Crippen molar-refractivity contribution in [1.82, 2.24) is 4.98 Å². The van der Waals surface area contributed by atoms with Crippen LogP contribution in [0, 0.1) is 0 Å². The summed E-state index contributed by atoms with van der Waals surface area (Å²) in [5, 5.41) is 0. The van der Waals surface area contributed by atoms with Gasteiger partial charge < -0.3 is 0 Å². The van der Waals surface area contributed by atoms with Crippen molar-refractivity contribution in [3.05, 3.63) is 59.4 Å². The second-order valence-electron chi connectivity index (χ2n) is 4.43. The zero-order chi connectivity index (χ0) is 11.5. The van der Waals surface area contributed by atoms with Gasteiger partial charge in [-0.1, -0.05) is 18.2 Å². The van der Waals surface area contributed by atoms with Crippen LogP contribution in [0.25, 0.3) is 0 Å². The zero-order valence-corrected chi connectivity index (χ0v) is 10.5. The maximum Gasteiger partial charge on any atom is 0.0278 e. The van der Waals surface area contributed by atoms with Crippen LogP contribution in [0.3, 0.4) is 0 Å². The summed E-state index contributed by atoms with van der Waals surface area (Å²) < 4.78 is 0. The highest BCUT2D eigenvalue weighted by atomic mass is 32.2. The Kier molecular flexibility index (Phi) is 3.14. The summed E-state index contributed by atoms with van der Waals surface area (Å²) in [5.74, 6) is 1.05. The highest BCUT2D eigenvalue weighted by Gasteiger charge is 2.10. The van der Waals surface area contributed by atoms with Gasteiger partial charge in [0.15, 0.2) is 0 Å². The molecule has 0 fully saturated rings. The fourth-order valence-corrected chi connectivity index (χ4v) is 3.14. The summed E-state index contributed by atoms with van der Waals surface area (Å²) in [5.41, 5.74) is 4.56. The van der Waals surface area contributed by atoms with Gasteiger partial charge in [-0.2, -0.15) is 0 Å². The van der Waals surface area contributed by atoms with Gasteiger partial charge in [-0.3, -0.25) is 4.98 Å². The number of rotatable bonds is 3. The predicted octanol–water partition coefficient (Wildman–Crippen LogP) is 3.86. The molecule has 0 N–H and O–H groups in total. The molecule has 0 spiro atoms. The molecule has 3 rings (SSSR count). The van der Waals surface area contributed by atoms with E-state index in [9.17, 15) is 0 Å². The summed E-state index contributed by atoms with van der Waals surface area (Å²) in [6.45, 7) is 0. The van der Waals surface area contributed by atoms with Crippen molar-refractivity contribution in [3.63, 3.8) is 0 Å². The fraction of sp³-hybridized carbons (Fsp3) is 0.267. The van der Waals surface area contributed by atoms with Crippen molar-refractivity contribution < 1.29 is 0 Å². The van der Waals surface area contributed by atoms with Crippen LogP contribution in [0.4, 0.5) is 0 Å². The Bertz CT molecular complexity index is 508. The van der Waals surface area contributed by atoms with E-state index in [1.54, 1.807) is 11.1 Å². The van der Waals surface area contributed by atoms with Crippen molar-refractivity contribution in [2.24, 2.45) is 0 Å². The quantitative estimate of drug-likeness (QED) is 0.757. The van der Waals surface area contributed by atoms with Gasteiger partial charge in [-0.05, 0) is 48.1 Å². The van der Waals surface area contributed by atoms with E-state index in [1.165, 1.54) is 29.7 Å². The molecular formula is C15H15NS. The smallest absolute Gasteiger partial charge is 0.0278 e.